The molecule has 5 nitrogen and oxygen atoms in total. The average molecular weight is 216 g/mol. The minimum absolute atomic E-state index is 0.0595. The van der Waals surface area contributed by atoms with Crippen LogP contribution in [0.5, 0.6) is 0 Å². The van der Waals surface area contributed by atoms with Crippen LogP contribution in [0.25, 0.3) is 0 Å². The second-order valence-electron chi connectivity index (χ2n) is 4.16. The van der Waals surface area contributed by atoms with E-state index in [4.69, 9.17) is 10.2 Å². The number of ketones is 1. The summed E-state index contributed by atoms with van der Waals surface area (Å²) >= 11 is 0. The summed E-state index contributed by atoms with van der Waals surface area (Å²) in [6, 6.07) is 0. The van der Waals surface area contributed by atoms with E-state index < -0.39 is 23.3 Å². The SMILES string of the molecule is CC(=O)CC[C@H](C(=O)O)C(C)(C)C(=O)O. The molecule has 0 aliphatic rings. The smallest absolute Gasteiger partial charge is 0.309 e. The molecule has 86 valence electrons. The Hall–Kier alpha value is -1.39. The lowest BCUT2D eigenvalue weighted by Gasteiger charge is -2.26. The molecular formula is C10H16O5. The van der Waals surface area contributed by atoms with Crippen LogP contribution in [0.4, 0.5) is 0 Å². The second-order valence-corrected chi connectivity index (χ2v) is 4.16. The zero-order valence-electron chi connectivity index (χ0n) is 9.11. The van der Waals surface area contributed by atoms with Gasteiger partial charge >= 0.3 is 11.9 Å². The summed E-state index contributed by atoms with van der Waals surface area (Å²) in [5, 5.41) is 17.8. The standard InChI is InChI=1S/C10H16O5/c1-6(11)4-5-7(8(12)13)10(2,3)9(14)15/h7H,4-5H2,1-3H3,(H,12,13)(H,14,15)/t7-/m1/s1. The first-order valence-electron chi connectivity index (χ1n) is 4.65. The summed E-state index contributed by atoms with van der Waals surface area (Å²) in [6.45, 7) is 4.06. The Labute approximate surface area is 88.1 Å². The molecule has 0 saturated heterocycles. The van der Waals surface area contributed by atoms with Crippen LogP contribution in [0.3, 0.4) is 0 Å². The van der Waals surface area contributed by atoms with Gasteiger partial charge < -0.3 is 15.0 Å². The van der Waals surface area contributed by atoms with Gasteiger partial charge in [-0.2, -0.15) is 0 Å². The van der Waals surface area contributed by atoms with E-state index in [1.165, 1.54) is 20.8 Å². The maximum absolute atomic E-state index is 10.9. The average Bonchev–Trinajstić information content (AvgIpc) is 2.01. The van der Waals surface area contributed by atoms with Crippen LogP contribution in [-0.2, 0) is 14.4 Å². The molecule has 0 aliphatic heterocycles. The molecule has 0 aliphatic carbocycles. The summed E-state index contributed by atoms with van der Waals surface area (Å²) in [6.07, 6.45) is 0.150. The van der Waals surface area contributed by atoms with Crippen molar-refractivity contribution >= 4 is 17.7 Å². The molecule has 0 spiro atoms. The highest BCUT2D eigenvalue weighted by atomic mass is 16.4. The van der Waals surface area contributed by atoms with Crippen LogP contribution in [0.2, 0.25) is 0 Å². The van der Waals surface area contributed by atoms with E-state index in [9.17, 15) is 14.4 Å². The number of hydrogen-bond donors (Lipinski definition) is 2. The topological polar surface area (TPSA) is 91.7 Å². The van der Waals surface area contributed by atoms with E-state index in [-0.39, 0.29) is 18.6 Å². The highest BCUT2D eigenvalue weighted by molar-refractivity contribution is 5.83. The van der Waals surface area contributed by atoms with Crippen molar-refractivity contribution in [2.24, 2.45) is 11.3 Å². The van der Waals surface area contributed by atoms with E-state index >= 15 is 0 Å². The van der Waals surface area contributed by atoms with Crippen LogP contribution in [0, 0.1) is 11.3 Å². The molecular weight excluding hydrogens is 200 g/mol. The fraction of sp³-hybridized carbons (Fsp3) is 0.700. The number of carbonyl (C=O) groups excluding carboxylic acids is 1. The Bertz CT molecular complexity index is 280. The van der Waals surface area contributed by atoms with E-state index in [0.717, 1.165) is 0 Å². The van der Waals surface area contributed by atoms with Crippen LogP contribution in [0.1, 0.15) is 33.6 Å². The third-order valence-electron chi connectivity index (χ3n) is 2.51. The Balaban J connectivity index is 4.74. The van der Waals surface area contributed by atoms with Crippen molar-refractivity contribution in [1.82, 2.24) is 0 Å². The normalized spacial score (nSPS) is 13.3. The van der Waals surface area contributed by atoms with Gasteiger partial charge in [0.1, 0.15) is 5.78 Å². The Morgan fingerprint density at radius 3 is 1.93 bits per heavy atom. The van der Waals surface area contributed by atoms with Gasteiger partial charge in [0.15, 0.2) is 0 Å². The summed E-state index contributed by atoms with van der Waals surface area (Å²) in [5.74, 6) is -3.52. The molecule has 0 bridgehead atoms. The second kappa shape index (κ2) is 4.91. The molecule has 0 amide bonds. The lowest BCUT2D eigenvalue weighted by atomic mass is 9.76. The molecule has 0 fully saturated rings. The number of carbonyl (C=O) groups is 3. The first-order chi connectivity index (χ1) is 6.69. The highest BCUT2D eigenvalue weighted by Crippen LogP contribution is 2.31. The molecule has 5 heteroatoms. The molecule has 0 aromatic heterocycles. The van der Waals surface area contributed by atoms with Crippen LogP contribution < -0.4 is 0 Å². The number of aliphatic carboxylic acids is 2. The van der Waals surface area contributed by atoms with Gasteiger partial charge in [-0.05, 0) is 27.2 Å². The molecule has 1 atom stereocenters. The third-order valence-corrected chi connectivity index (χ3v) is 2.51. The van der Waals surface area contributed by atoms with E-state index in [0.29, 0.717) is 0 Å². The predicted molar refractivity (Wildman–Crippen MR) is 52.5 cm³/mol. The van der Waals surface area contributed by atoms with Gasteiger partial charge in [0.2, 0.25) is 0 Å². The van der Waals surface area contributed by atoms with Gasteiger partial charge in [0, 0.05) is 6.42 Å². The van der Waals surface area contributed by atoms with Gasteiger partial charge in [-0.3, -0.25) is 9.59 Å². The van der Waals surface area contributed by atoms with Crippen molar-refractivity contribution in [2.75, 3.05) is 0 Å². The Kier molecular flexibility index (Phi) is 4.45. The van der Waals surface area contributed by atoms with E-state index in [1.54, 1.807) is 0 Å². The van der Waals surface area contributed by atoms with Crippen molar-refractivity contribution in [1.29, 1.82) is 0 Å². The number of rotatable bonds is 6. The molecule has 2 N–H and O–H groups in total. The lowest BCUT2D eigenvalue weighted by Crippen LogP contribution is -2.38. The fourth-order valence-electron chi connectivity index (χ4n) is 1.29. The molecule has 0 aromatic rings. The van der Waals surface area contributed by atoms with Crippen molar-refractivity contribution < 1.29 is 24.6 Å². The van der Waals surface area contributed by atoms with Crippen molar-refractivity contribution in [3.8, 4) is 0 Å². The van der Waals surface area contributed by atoms with Crippen molar-refractivity contribution in [3.05, 3.63) is 0 Å². The van der Waals surface area contributed by atoms with Crippen LogP contribution >= 0.6 is 0 Å². The summed E-state index contributed by atoms with van der Waals surface area (Å²) in [4.78, 5) is 32.5. The van der Waals surface area contributed by atoms with Crippen molar-refractivity contribution in [2.45, 2.75) is 33.6 Å². The Morgan fingerprint density at radius 2 is 1.67 bits per heavy atom. The Morgan fingerprint density at radius 1 is 1.20 bits per heavy atom. The maximum Gasteiger partial charge on any atom is 0.309 e. The number of Topliss-reactive ketones (excluding diaryl/α,β-unsaturated/α-hetero) is 1. The number of hydrogen-bond acceptors (Lipinski definition) is 3. The van der Waals surface area contributed by atoms with Gasteiger partial charge in [0.25, 0.3) is 0 Å². The molecule has 0 heterocycles. The lowest BCUT2D eigenvalue weighted by molar-refractivity contribution is -0.160. The van der Waals surface area contributed by atoms with E-state index in [1.807, 2.05) is 0 Å². The maximum atomic E-state index is 10.9. The summed E-state index contributed by atoms with van der Waals surface area (Å²) < 4.78 is 0. The fourth-order valence-corrected chi connectivity index (χ4v) is 1.29. The molecule has 15 heavy (non-hydrogen) atoms. The summed E-state index contributed by atoms with van der Waals surface area (Å²) in [5.41, 5.74) is -1.36. The number of carboxylic acid groups (broad SMARTS) is 2. The molecule has 0 unspecified atom stereocenters. The summed E-state index contributed by atoms with van der Waals surface area (Å²) in [7, 11) is 0. The zero-order valence-corrected chi connectivity index (χ0v) is 9.11. The van der Waals surface area contributed by atoms with Gasteiger partial charge in [-0.15, -0.1) is 0 Å². The molecule has 0 saturated carbocycles. The third kappa shape index (κ3) is 3.69. The van der Waals surface area contributed by atoms with Gasteiger partial charge in [-0.25, -0.2) is 0 Å². The minimum atomic E-state index is -1.36. The first kappa shape index (κ1) is 13.6. The quantitative estimate of drug-likeness (QED) is 0.695. The first-order valence-corrected chi connectivity index (χ1v) is 4.65. The van der Waals surface area contributed by atoms with Crippen LogP contribution in [0.15, 0.2) is 0 Å². The molecule has 0 radical (unpaired) electrons. The predicted octanol–water partition coefficient (Wildman–Crippen LogP) is 1.17. The molecule has 0 aromatic carbocycles. The minimum Gasteiger partial charge on any atom is -0.481 e. The highest BCUT2D eigenvalue weighted by Gasteiger charge is 2.41. The van der Waals surface area contributed by atoms with Crippen LogP contribution in [-0.4, -0.2) is 27.9 Å². The molecule has 0 rings (SSSR count). The monoisotopic (exact) mass is 216 g/mol. The van der Waals surface area contributed by atoms with Gasteiger partial charge in [-0.1, -0.05) is 0 Å². The van der Waals surface area contributed by atoms with E-state index in [2.05, 4.69) is 0 Å². The largest absolute Gasteiger partial charge is 0.481 e. The van der Waals surface area contributed by atoms with Gasteiger partial charge in [0.05, 0.1) is 11.3 Å². The number of carboxylic acids is 2. The zero-order chi connectivity index (χ0) is 12.2. The van der Waals surface area contributed by atoms with Crippen molar-refractivity contribution in [3.63, 3.8) is 0 Å².